The molecule has 0 radical (unpaired) electrons. The number of imide groups is 1. The molecule has 0 bridgehead atoms. The fourth-order valence-electron chi connectivity index (χ4n) is 2.74. The molecule has 1 aliphatic rings. The van der Waals surface area contributed by atoms with E-state index in [-0.39, 0.29) is 31.5 Å². The van der Waals surface area contributed by atoms with Crippen molar-refractivity contribution in [2.24, 2.45) is 0 Å². The number of hydrogen-bond acceptors (Lipinski definition) is 5. The molecular formula is C21H16Cl4N2O4. The van der Waals surface area contributed by atoms with Crippen molar-refractivity contribution < 1.29 is 19.1 Å². The highest BCUT2D eigenvalue weighted by Gasteiger charge is 2.40. The Kier molecular flexibility index (Phi) is 7.49. The van der Waals surface area contributed by atoms with Gasteiger partial charge in [-0.05, 0) is 42.8 Å². The lowest BCUT2D eigenvalue weighted by atomic mass is 10.2. The lowest BCUT2D eigenvalue weighted by Crippen LogP contribution is -2.32. The summed E-state index contributed by atoms with van der Waals surface area (Å²) in [5.74, 6) is -1.91. The first-order valence-electron chi connectivity index (χ1n) is 9.22. The molecule has 162 valence electrons. The Balaban J connectivity index is 1.78. The van der Waals surface area contributed by atoms with Gasteiger partial charge in [0.25, 0.3) is 11.8 Å². The second-order valence-electron chi connectivity index (χ2n) is 6.54. The first-order chi connectivity index (χ1) is 14.7. The Hall–Kier alpha value is -2.25. The van der Waals surface area contributed by atoms with Crippen LogP contribution < -0.4 is 10.2 Å². The molecule has 1 N–H and O–H groups in total. The average Bonchev–Trinajstić information content (AvgIpc) is 2.95. The van der Waals surface area contributed by atoms with Gasteiger partial charge in [-0.1, -0.05) is 59.7 Å². The quantitative estimate of drug-likeness (QED) is 0.216. The molecule has 10 heteroatoms. The van der Waals surface area contributed by atoms with Crippen LogP contribution in [0.5, 0.6) is 0 Å². The normalized spacial score (nSPS) is 13.8. The minimum atomic E-state index is -0.759. The van der Waals surface area contributed by atoms with Gasteiger partial charge in [-0.25, -0.2) is 9.69 Å². The third-order valence-corrected chi connectivity index (χ3v) is 5.75. The maximum Gasteiger partial charge on any atom is 0.338 e. The Bertz CT molecular complexity index is 1080. The molecule has 1 aliphatic heterocycles. The maximum absolute atomic E-state index is 12.9. The van der Waals surface area contributed by atoms with Gasteiger partial charge < -0.3 is 10.1 Å². The summed E-state index contributed by atoms with van der Waals surface area (Å²) >= 11 is 24.2. The van der Waals surface area contributed by atoms with Crippen molar-refractivity contribution in [1.82, 2.24) is 0 Å². The summed E-state index contributed by atoms with van der Waals surface area (Å²) in [5.41, 5.74) is 0.736. The van der Waals surface area contributed by atoms with E-state index in [1.165, 1.54) is 12.1 Å². The first kappa shape index (κ1) is 23.4. The number of anilines is 2. The third-order valence-electron chi connectivity index (χ3n) is 4.38. The van der Waals surface area contributed by atoms with Crippen molar-refractivity contribution in [3.63, 3.8) is 0 Å². The minimum Gasteiger partial charge on any atom is -0.462 e. The zero-order chi connectivity index (χ0) is 22.7. The molecule has 2 aromatic carbocycles. The topological polar surface area (TPSA) is 75.7 Å². The second-order valence-corrected chi connectivity index (χ2v) is 8.14. The lowest BCUT2D eigenvalue weighted by Gasteiger charge is -2.17. The van der Waals surface area contributed by atoms with Gasteiger partial charge in [0.2, 0.25) is 0 Å². The predicted molar refractivity (Wildman–Crippen MR) is 122 cm³/mol. The van der Waals surface area contributed by atoms with E-state index >= 15 is 0 Å². The molecule has 2 aromatic rings. The van der Waals surface area contributed by atoms with Gasteiger partial charge in [-0.3, -0.25) is 9.59 Å². The van der Waals surface area contributed by atoms with E-state index in [0.717, 1.165) is 17.7 Å². The number of hydrogen-bond donors (Lipinski definition) is 1. The molecule has 1 heterocycles. The van der Waals surface area contributed by atoms with E-state index in [2.05, 4.69) is 5.32 Å². The fourth-order valence-corrected chi connectivity index (χ4v) is 3.58. The van der Waals surface area contributed by atoms with Gasteiger partial charge in [0.05, 0.1) is 32.9 Å². The number of carbonyl (C=O) groups is 3. The summed E-state index contributed by atoms with van der Waals surface area (Å²) in [6, 6.07) is 8.87. The minimum absolute atomic E-state index is 0.0613. The number of carbonyl (C=O) groups excluding carboxylic acids is 3. The van der Waals surface area contributed by atoms with Gasteiger partial charge in [-0.2, -0.15) is 0 Å². The number of nitrogens with one attached hydrogen (secondary N) is 1. The Morgan fingerprint density at radius 3 is 2.26 bits per heavy atom. The highest BCUT2D eigenvalue weighted by atomic mass is 35.5. The number of ether oxygens (including phenoxy) is 1. The summed E-state index contributed by atoms with van der Waals surface area (Å²) in [7, 11) is 0. The fraction of sp³-hybridized carbons (Fsp3) is 0.190. The van der Waals surface area contributed by atoms with Crippen LogP contribution in [0.15, 0.2) is 47.1 Å². The Labute approximate surface area is 198 Å². The highest BCUT2D eigenvalue weighted by Crippen LogP contribution is 2.38. The molecule has 0 saturated heterocycles. The smallest absolute Gasteiger partial charge is 0.338 e. The van der Waals surface area contributed by atoms with Crippen LogP contribution in [0.4, 0.5) is 11.4 Å². The number of halogens is 4. The number of nitrogens with zero attached hydrogens (tertiary/aromatic N) is 1. The highest BCUT2D eigenvalue weighted by molar-refractivity contribution is 6.54. The van der Waals surface area contributed by atoms with Crippen molar-refractivity contribution in [1.29, 1.82) is 0 Å². The molecule has 6 nitrogen and oxygen atoms in total. The van der Waals surface area contributed by atoms with Crippen molar-refractivity contribution in [3.05, 3.63) is 67.8 Å². The maximum atomic E-state index is 12.9. The third kappa shape index (κ3) is 4.99. The van der Waals surface area contributed by atoms with Crippen molar-refractivity contribution >= 4 is 75.6 Å². The number of rotatable bonds is 7. The molecule has 2 amide bonds. The monoisotopic (exact) mass is 500 g/mol. The second kappa shape index (κ2) is 9.92. The Morgan fingerprint density at radius 2 is 1.61 bits per heavy atom. The standard InChI is InChI=1S/C21H16Cl4N2O4/c1-2-3-8-31-21(30)11-4-6-12(7-5-11)26-18-17(25)19(28)27(20(18)29)16-10-14(23)13(22)9-15(16)24/h4-7,9-10,26H,2-3,8H2,1H3. The molecule has 0 unspecified atom stereocenters. The number of unbranched alkanes of at least 4 members (excludes halogenated alkanes) is 1. The molecule has 0 aliphatic carbocycles. The first-order valence-corrected chi connectivity index (χ1v) is 10.7. The van der Waals surface area contributed by atoms with Crippen LogP contribution in [0.1, 0.15) is 30.1 Å². The van der Waals surface area contributed by atoms with E-state index in [4.69, 9.17) is 51.1 Å². The summed E-state index contributed by atoms with van der Waals surface area (Å²) in [6.45, 7) is 2.35. The van der Waals surface area contributed by atoms with Crippen LogP contribution in [-0.4, -0.2) is 24.4 Å². The van der Waals surface area contributed by atoms with Gasteiger partial charge >= 0.3 is 5.97 Å². The average molecular weight is 502 g/mol. The summed E-state index contributed by atoms with van der Waals surface area (Å²) in [6.07, 6.45) is 1.71. The van der Waals surface area contributed by atoms with Gasteiger partial charge in [0.15, 0.2) is 0 Å². The van der Waals surface area contributed by atoms with Crippen LogP contribution in [0, 0.1) is 0 Å². The summed E-state index contributed by atoms with van der Waals surface area (Å²) in [5, 5.41) is 2.87. The van der Waals surface area contributed by atoms with E-state index in [1.807, 2.05) is 6.92 Å². The van der Waals surface area contributed by atoms with Gasteiger partial charge in [0.1, 0.15) is 10.7 Å². The van der Waals surface area contributed by atoms with Gasteiger partial charge in [0, 0.05) is 5.69 Å². The van der Waals surface area contributed by atoms with Crippen LogP contribution in [0.3, 0.4) is 0 Å². The molecule has 0 spiro atoms. The van der Waals surface area contributed by atoms with E-state index in [0.29, 0.717) is 17.9 Å². The van der Waals surface area contributed by atoms with E-state index in [1.54, 1.807) is 24.3 Å². The van der Waals surface area contributed by atoms with E-state index < -0.39 is 17.8 Å². The zero-order valence-electron chi connectivity index (χ0n) is 16.2. The Morgan fingerprint density at radius 1 is 0.968 bits per heavy atom. The summed E-state index contributed by atoms with van der Waals surface area (Å²) in [4.78, 5) is 38.3. The molecule has 0 saturated carbocycles. The predicted octanol–water partition coefficient (Wildman–Crippen LogP) is 6.04. The molecule has 0 fully saturated rings. The molecular weight excluding hydrogens is 486 g/mol. The largest absolute Gasteiger partial charge is 0.462 e. The number of esters is 1. The van der Waals surface area contributed by atoms with Crippen LogP contribution >= 0.6 is 46.4 Å². The van der Waals surface area contributed by atoms with Crippen molar-refractivity contribution in [2.75, 3.05) is 16.8 Å². The van der Waals surface area contributed by atoms with Crippen molar-refractivity contribution in [2.45, 2.75) is 19.8 Å². The molecule has 3 rings (SSSR count). The molecule has 0 atom stereocenters. The number of amides is 2. The number of benzene rings is 2. The molecule has 0 aromatic heterocycles. The van der Waals surface area contributed by atoms with E-state index in [9.17, 15) is 14.4 Å². The lowest BCUT2D eigenvalue weighted by molar-refractivity contribution is -0.120. The molecule has 31 heavy (non-hydrogen) atoms. The van der Waals surface area contributed by atoms with Gasteiger partial charge in [-0.15, -0.1) is 0 Å². The van der Waals surface area contributed by atoms with Crippen LogP contribution in [-0.2, 0) is 14.3 Å². The van der Waals surface area contributed by atoms with Crippen LogP contribution in [0.2, 0.25) is 15.1 Å². The SMILES string of the molecule is CCCCOC(=O)c1ccc(NC2=C(Cl)C(=O)N(c3cc(Cl)c(Cl)cc3Cl)C2=O)cc1. The van der Waals surface area contributed by atoms with Crippen molar-refractivity contribution in [3.8, 4) is 0 Å². The summed E-state index contributed by atoms with van der Waals surface area (Å²) < 4.78 is 5.15. The van der Waals surface area contributed by atoms with Crippen LogP contribution in [0.25, 0.3) is 0 Å². The zero-order valence-corrected chi connectivity index (χ0v) is 19.2.